The van der Waals surface area contributed by atoms with Gasteiger partial charge in [-0.1, -0.05) is 30.3 Å². The van der Waals surface area contributed by atoms with Gasteiger partial charge in [-0.3, -0.25) is 4.79 Å². The zero-order chi connectivity index (χ0) is 18.8. The first kappa shape index (κ1) is 17.0. The fraction of sp³-hybridized carbons (Fsp3) is 0.200. The highest BCUT2D eigenvalue weighted by molar-refractivity contribution is 6.09. The molecule has 3 aromatic heterocycles. The zero-order valence-electron chi connectivity index (χ0n) is 15.1. The van der Waals surface area contributed by atoms with E-state index in [0.29, 0.717) is 23.0 Å². The van der Waals surface area contributed by atoms with E-state index in [9.17, 15) is 4.79 Å². The fourth-order valence-corrected chi connectivity index (χ4v) is 2.88. The number of amides is 1. The molecule has 0 radical (unpaired) electrons. The van der Waals surface area contributed by atoms with Gasteiger partial charge in [0.2, 0.25) is 11.7 Å². The molecule has 0 fully saturated rings. The van der Waals surface area contributed by atoms with Gasteiger partial charge in [0.25, 0.3) is 5.91 Å². The van der Waals surface area contributed by atoms with Gasteiger partial charge in [0.15, 0.2) is 0 Å². The highest BCUT2D eigenvalue weighted by Crippen LogP contribution is 2.24. The van der Waals surface area contributed by atoms with Crippen LogP contribution < -0.4 is 5.32 Å². The lowest BCUT2D eigenvalue weighted by Crippen LogP contribution is -2.12. The third kappa shape index (κ3) is 3.31. The third-order valence-electron chi connectivity index (χ3n) is 4.35. The monoisotopic (exact) mass is 361 g/mol. The second-order valence-corrected chi connectivity index (χ2v) is 6.33. The van der Waals surface area contributed by atoms with Crippen LogP contribution in [-0.4, -0.2) is 25.7 Å². The molecule has 0 bridgehead atoms. The minimum Gasteiger partial charge on any atom is -0.339 e. The maximum absolute atomic E-state index is 12.8. The van der Waals surface area contributed by atoms with E-state index >= 15 is 0 Å². The number of anilines is 1. The maximum Gasteiger partial charge on any atom is 0.259 e. The van der Waals surface area contributed by atoms with Crippen LogP contribution in [0.4, 0.5) is 5.69 Å². The molecule has 7 nitrogen and oxygen atoms in total. The second-order valence-electron chi connectivity index (χ2n) is 6.33. The first-order valence-electron chi connectivity index (χ1n) is 8.83. The largest absolute Gasteiger partial charge is 0.339 e. The highest BCUT2D eigenvalue weighted by Gasteiger charge is 2.15. The molecule has 0 aliphatic carbocycles. The Hall–Kier alpha value is -3.48. The molecule has 0 aliphatic heterocycles. The number of carbonyl (C=O) groups is 1. The van der Waals surface area contributed by atoms with Gasteiger partial charge in [0.05, 0.1) is 17.3 Å². The van der Waals surface area contributed by atoms with Gasteiger partial charge in [-0.05, 0) is 37.1 Å². The normalized spacial score (nSPS) is 11.0. The van der Waals surface area contributed by atoms with Gasteiger partial charge >= 0.3 is 0 Å². The molecule has 27 heavy (non-hydrogen) atoms. The minimum absolute atomic E-state index is 0.212. The SMILES string of the molecule is CCCc1nc(-c2ccc(C)c(NC(=O)c3cnn4ccccc34)c2)no1. The van der Waals surface area contributed by atoms with Crippen LogP contribution in [0.1, 0.15) is 35.2 Å². The topological polar surface area (TPSA) is 85.3 Å². The smallest absolute Gasteiger partial charge is 0.259 e. The van der Waals surface area contributed by atoms with Crippen molar-refractivity contribution in [1.82, 2.24) is 19.8 Å². The number of nitrogens with zero attached hydrogens (tertiary/aromatic N) is 4. The standard InChI is InChI=1S/C20H19N5O2/c1-3-6-18-23-19(24-27-18)14-9-8-13(2)16(11-14)22-20(26)15-12-21-25-10-5-4-7-17(15)25/h4-5,7-12H,3,6H2,1-2H3,(H,22,26). The summed E-state index contributed by atoms with van der Waals surface area (Å²) >= 11 is 0. The van der Waals surface area contributed by atoms with Crippen LogP contribution in [-0.2, 0) is 6.42 Å². The Morgan fingerprint density at radius 3 is 3.00 bits per heavy atom. The summed E-state index contributed by atoms with van der Waals surface area (Å²) in [5.74, 6) is 0.922. The summed E-state index contributed by atoms with van der Waals surface area (Å²) in [4.78, 5) is 17.2. The lowest BCUT2D eigenvalue weighted by molar-refractivity contribution is 0.102. The molecule has 4 rings (SSSR count). The van der Waals surface area contributed by atoms with E-state index in [4.69, 9.17) is 4.52 Å². The Morgan fingerprint density at radius 1 is 1.26 bits per heavy atom. The average molecular weight is 361 g/mol. The summed E-state index contributed by atoms with van der Waals surface area (Å²) in [5.41, 5.74) is 3.72. The summed E-state index contributed by atoms with van der Waals surface area (Å²) in [6.07, 6.45) is 5.07. The van der Waals surface area contributed by atoms with E-state index in [1.54, 1.807) is 10.7 Å². The molecule has 7 heteroatoms. The Morgan fingerprint density at radius 2 is 2.15 bits per heavy atom. The van der Waals surface area contributed by atoms with E-state index in [-0.39, 0.29) is 5.91 Å². The molecular formula is C20H19N5O2. The summed E-state index contributed by atoms with van der Waals surface area (Å²) in [6, 6.07) is 11.3. The number of rotatable bonds is 5. The first-order chi connectivity index (χ1) is 13.2. The van der Waals surface area contributed by atoms with Crippen LogP contribution in [0.3, 0.4) is 0 Å². The van der Waals surface area contributed by atoms with Crippen LogP contribution in [0.2, 0.25) is 0 Å². The molecule has 0 saturated carbocycles. The van der Waals surface area contributed by atoms with Gasteiger partial charge in [0, 0.05) is 23.9 Å². The highest BCUT2D eigenvalue weighted by atomic mass is 16.5. The Balaban J connectivity index is 1.62. The molecule has 0 spiro atoms. The van der Waals surface area contributed by atoms with Crippen LogP contribution in [0.15, 0.2) is 53.3 Å². The number of nitrogens with one attached hydrogen (secondary N) is 1. The van der Waals surface area contributed by atoms with Crippen molar-refractivity contribution in [3.63, 3.8) is 0 Å². The van der Waals surface area contributed by atoms with Gasteiger partial charge in [-0.15, -0.1) is 0 Å². The van der Waals surface area contributed by atoms with Gasteiger partial charge in [0.1, 0.15) is 0 Å². The van der Waals surface area contributed by atoms with Crippen molar-refractivity contribution in [1.29, 1.82) is 0 Å². The van der Waals surface area contributed by atoms with E-state index in [2.05, 4.69) is 27.5 Å². The van der Waals surface area contributed by atoms with Crippen LogP contribution in [0, 0.1) is 6.92 Å². The Kier molecular flexibility index (Phi) is 4.42. The average Bonchev–Trinajstić information content (AvgIpc) is 3.31. The van der Waals surface area contributed by atoms with Gasteiger partial charge in [-0.2, -0.15) is 10.1 Å². The minimum atomic E-state index is -0.212. The van der Waals surface area contributed by atoms with Crippen LogP contribution in [0.25, 0.3) is 16.9 Å². The number of pyridine rings is 1. The van der Waals surface area contributed by atoms with E-state index in [1.165, 1.54) is 0 Å². The first-order valence-corrected chi connectivity index (χ1v) is 8.83. The lowest BCUT2D eigenvalue weighted by atomic mass is 10.1. The van der Waals surface area contributed by atoms with Crippen LogP contribution in [0.5, 0.6) is 0 Å². The van der Waals surface area contributed by atoms with E-state index in [0.717, 1.165) is 29.5 Å². The molecule has 4 aromatic rings. The van der Waals surface area contributed by atoms with Crippen molar-refractivity contribution in [3.05, 3.63) is 65.8 Å². The molecule has 1 aromatic carbocycles. The molecule has 0 aliphatic rings. The second kappa shape index (κ2) is 7.03. The molecule has 1 amide bonds. The predicted molar refractivity (Wildman–Crippen MR) is 102 cm³/mol. The van der Waals surface area contributed by atoms with Crippen molar-refractivity contribution in [2.75, 3.05) is 5.32 Å². The number of aromatic nitrogens is 4. The maximum atomic E-state index is 12.8. The summed E-state index contributed by atoms with van der Waals surface area (Å²) in [7, 11) is 0. The van der Waals surface area contributed by atoms with Crippen molar-refractivity contribution in [2.45, 2.75) is 26.7 Å². The number of hydrogen-bond donors (Lipinski definition) is 1. The predicted octanol–water partition coefficient (Wildman–Crippen LogP) is 3.90. The van der Waals surface area contributed by atoms with Crippen molar-refractivity contribution < 1.29 is 9.32 Å². The molecule has 1 N–H and O–H groups in total. The summed E-state index contributed by atoms with van der Waals surface area (Å²) in [6.45, 7) is 4.00. The van der Waals surface area contributed by atoms with Crippen molar-refractivity contribution in [2.24, 2.45) is 0 Å². The lowest BCUT2D eigenvalue weighted by Gasteiger charge is -2.09. The van der Waals surface area contributed by atoms with E-state index < -0.39 is 0 Å². The van der Waals surface area contributed by atoms with Gasteiger partial charge in [-0.25, -0.2) is 4.52 Å². The van der Waals surface area contributed by atoms with Gasteiger partial charge < -0.3 is 9.84 Å². The number of fused-ring (bicyclic) bond motifs is 1. The molecule has 0 saturated heterocycles. The summed E-state index contributed by atoms with van der Waals surface area (Å²) in [5, 5.41) is 11.2. The fourth-order valence-electron chi connectivity index (χ4n) is 2.88. The number of carbonyl (C=O) groups excluding carboxylic acids is 1. The van der Waals surface area contributed by atoms with Crippen molar-refractivity contribution >= 4 is 17.1 Å². The molecular weight excluding hydrogens is 342 g/mol. The third-order valence-corrected chi connectivity index (χ3v) is 4.35. The summed E-state index contributed by atoms with van der Waals surface area (Å²) < 4.78 is 6.93. The molecule has 3 heterocycles. The van der Waals surface area contributed by atoms with Crippen molar-refractivity contribution in [3.8, 4) is 11.4 Å². The zero-order valence-corrected chi connectivity index (χ0v) is 15.1. The van der Waals surface area contributed by atoms with Crippen LogP contribution >= 0.6 is 0 Å². The molecule has 136 valence electrons. The number of hydrogen-bond acceptors (Lipinski definition) is 5. The molecule has 0 atom stereocenters. The number of benzene rings is 1. The number of aryl methyl sites for hydroxylation is 2. The Bertz CT molecular complexity index is 1110. The Labute approximate surface area is 156 Å². The molecule has 0 unspecified atom stereocenters. The quantitative estimate of drug-likeness (QED) is 0.583. The van der Waals surface area contributed by atoms with E-state index in [1.807, 2.05) is 49.5 Å².